The van der Waals surface area contributed by atoms with Crippen molar-refractivity contribution in [2.75, 3.05) is 84.8 Å². The minimum Gasteiger partial charge on any atom is -0.382 e. The molecule has 2 heterocycles. The average Bonchev–Trinajstić information content (AvgIpc) is 3.53. The second kappa shape index (κ2) is 25.6. The number of fused-ring (bicyclic) bond motifs is 3. The molecule has 7 N–H and O–H groups in total. The molecule has 3 rings (SSSR count). The van der Waals surface area contributed by atoms with Gasteiger partial charge in [0.05, 0.1) is 50.7 Å². The molecule has 1 atom stereocenters. The summed E-state index contributed by atoms with van der Waals surface area (Å²) in [6.45, 7) is 8.10. The molecule has 0 aliphatic rings. The Labute approximate surface area is 316 Å². The number of anilines is 1. The van der Waals surface area contributed by atoms with Gasteiger partial charge in [0.25, 0.3) is 0 Å². The number of carbonyl (C=O) groups excluding carboxylic acids is 4. The molecule has 0 aliphatic carbocycles. The van der Waals surface area contributed by atoms with Gasteiger partial charge in [-0.1, -0.05) is 31.5 Å². The lowest BCUT2D eigenvalue weighted by atomic mass is 9.99. The predicted octanol–water partition coefficient (Wildman–Crippen LogP) is 1.58. The zero-order valence-electron chi connectivity index (χ0n) is 31.7. The minimum atomic E-state index is -0.353. The van der Waals surface area contributed by atoms with Gasteiger partial charge in [-0.05, 0) is 38.7 Å². The van der Waals surface area contributed by atoms with Crippen molar-refractivity contribution in [3.05, 3.63) is 30.1 Å². The van der Waals surface area contributed by atoms with E-state index in [1.54, 1.807) is 0 Å². The number of imidazole rings is 1. The first-order valence-corrected chi connectivity index (χ1v) is 18.8. The van der Waals surface area contributed by atoms with E-state index in [2.05, 4.69) is 25.5 Å². The Balaban J connectivity index is 1.15. The second-order valence-electron chi connectivity index (χ2n) is 12.5. The number of nitrogens with one attached hydrogen (secondary N) is 3. The van der Waals surface area contributed by atoms with Gasteiger partial charge in [0.2, 0.25) is 23.6 Å². The topological polar surface area (TPSA) is 233 Å². The van der Waals surface area contributed by atoms with E-state index in [1.807, 2.05) is 38.1 Å². The summed E-state index contributed by atoms with van der Waals surface area (Å²) in [5.41, 5.74) is 13.9. The first-order valence-electron chi connectivity index (χ1n) is 18.8. The molecule has 3 aromatic rings. The third-order valence-corrected chi connectivity index (χ3v) is 8.45. The average molecular weight is 759 g/mol. The number of rotatable bonds is 30. The van der Waals surface area contributed by atoms with Crippen LogP contribution < -0.4 is 27.4 Å². The molecule has 2 aromatic heterocycles. The van der Waals surface area contributed by atoms with Crippen molar-refractivity contribution < 1.29 is 42.9 Å². The molecule has 0 fully saturated rings. The Morgan fingerprint density at radius 2 is 1.41 bits per heavy atom. The number of nitrogen functional groups attached to an aromatic ring is 1. The number of carbonyl (C=O) groups is 4. The van der Waals surface area contributed by atoms with E-state index in [4.69, 9.17) is 40.1 Å². The van der Waals surface area contributed by atoms with Gasteiger partial charge in [-0.15, -0.1) is 0 Å². The SMILES string of the molecule is CCOCc1nc2c(N)nc3ccccc3c2n1CCCNC(=O)COCC(=O)NCCOCCOCCOCCC(=O)NCCCCC(CC)C(N)=O. The maximum Gasteiger partial charge on any atom is 0.246 e. The standard InChI is InChI=1S/C37H58N8O9/c1-3-27(37(39)49)10-7-8-14-40-31(46)13-18-51-20-22-53-23-21-52-19-16-42-33(48)26-54-25-32(47)41-15-9-17-45-30(24-50-4-2)44-34-35(45)28-11-5-6-12-29(28)43-36(34)38/h5-6,11-12,27H,3-4,7-10,13-26H2,1-2H3,(H2,38,43)(H2,39,49)(H,40,46)(H,41,47)(H,42,48). The van der Waals surface area contributed by atoms with Gasteiger partial charge >= 0.3 is 0 Å². The van der Waals surface area contributed by atoms with E-state index in [1.165, 1.54) is 0 Å². The molecule has 0 radical (unpaired) electrons. The van der Waals surface area contributed by atoms with Gasteiger partial charge in [0.15, 0.2) is 5.82 Å². The molecule has 0 saturated heterocycles. The van der Waals surface area contributed by atoms with Crippen molar-refractivity contribution in [3.8, 4) is 0 Å². The van der Waals surface area contributed by atoms with Crippen molar-refractivity contribution >= 4 is 51.4 Å². The predicted molar refractivity (Wildman–Crippen MR) is 203 cm³/mol. The summed E-state index contributed by atoms with van der Waals surface area (Å²) in [6.07, 6.45) is 4.00. The van der Waals surface area contributed by atoms with E-state index < -0.39 is 0 Å². The first kappa shape index (κ1) is 44.0. The van der Waals surface area contributed by atoms with Crippen LogP contribution in [-0.4, -0.2) is 117 Å². The minimum absolute atomic E-state index is 0.0785. The molecular weight excluding hydrogens is 700 g/mol. The van der Waals surface area contributed by atoms with Crippen molar-refractivity contribution in [3.63, 3.8) is 0 Å². The highest BCUT2D eigenvalue weighted by Crippen LogP contribution is 2.29. The number of para-hydroxylation sites is 1. The summed E-state index contributed by atoms with van der Waals surface area (Å²) >= 11 is 0. The summed E-state index contributed by atoms with van der Waals surface area (Å²) in [5, 5.41) is 9.29. The van der Waals surface area contributed by atoms with Gasteiger partial charge < -0.3 is 55.7 Å². The maximum atomic E-state index is 12.3. The van der Waals surface area contributed by atoms with Crippen LogP contribution in [0.15, 0.2) is 24.3 Å². The number of hydrogen-bond acceptors (Lipinski definition) is 12. The molecule has 1 unspecified atom stereocenters. The van der Waals surface area contributed by atoms with Crippen molar-refractivity contribution in [2.24, 2.45) is 11.7 Å². The van der Waals surface area contributed by atoms with Gasteiger partial charge in [-0.25, -0.2) is 9.97 Å². The maximum absolute atomic E-state index is 12.3. The molecule has 54 heavy (non-hydrogen) atoms. The van der Waals surface area contributed by atoms with Crippen LogP contribution in [0, 0.1) is 5.92 Å². The van der Waals surface area contributed by atoms with E-state index in [9.17, 15) is 19.2 Å². The number of amides is 4. The van der Waals surface area contributed by atoms with Crippen LogP contribution in [0.4, 0.5) is 5.82 Å². The number of nitrogens with zero attached hydrogens (tertiary/aromatic N) is 3. The fourth-order valence-corrected chi connectivity index (χ4v) is 5.60. The van der Waals surface area contributed by atoms with Crippen molar-refractivity contribution in [2.45, 2.75) is 65.5 Å². The number of aryl methyl sites for hydroxylation is 1. The van der Waals surface area contributed by atoms with Crippen LogP contribution in [0.2, 0.25) is 0 Å². The van der Waals surface area contributed by atoms with Crippen LogP contribution in [0.25, 0.3) is 21.9 Å². The smallest absolute Gasteiger partial charge is 0.246 e. The van der Waals surface area contributed by atoms with Gasteiger partial charge in [-0.3, -0.25) is 19.2 Å². The third-order valence-electron chi connectivity index (χ3n) is 8.45. The van der Waals surface area contributed by atoms with Gasteiger partial charge in [0.1, 0.15) is 31.2 Å². The quantitative estimate of drug-likeness (QED) is 0.0610. The molecule has 4 amide bonds. The molecular formula is C37H58N8O9. The number of aromatic nitrogens is 3. The summed E-state index contributed by atoms with van der Waals surface area (Å²) < 4.78 is 29.3. The zero-order chi connectivity index (χ0) is 39.0. The fourth-order valence-electron chi connectivity index (χ4n) is 5.60. The lowest BCUT2D eigenvalue weighted by Crippen LogP contribution is -2.34. The lowest BCUT2D eigenvalue weighted by Gasteiger charge is -2.12. The van der Waals surface area contributed by atoms with Crippen LogP contribution in [0.5, 0.6) is 0 Å². The Kier molecular flexibility index (Phi) is 20.8. The fraction of sp³-hybridized carbons (Fsp3) is 0.622. The van der Waals surface area contributed by atoms with Gasteiger partial charge in [-0.2, -0.15) is 0 Å². The summed E-state index contributed by atoms with van der Waals surface area (Å²) in [7, 11) is 0. The third kappa shape index (κ3) is 15.9. The molecule has 0 saturated carbocycles. The summed E-state index contributed by atoms with van der Waals surface area (Å²) in [6, 6.07) is 7.76. The number of hydrogen-bond donors (Lipinski definition) is 5. The number of pyridine rings is 1. The number of ether oxygens (including phenoxy) is 5. The van der Waals surface area contributed by atoms with Crippen molar-refractivity contribution in [1.82, 2.24) is 30.5 Å². The molecule has 0 spiro atoms. The highest BCUT2D eigenvalue weighted by Gasteiger charge is 2.17. The highest BCUT2D eigenvalue weighted by molar-refractivity contribution is 6.06. The molecule has 17 heteroatoms. The summed E-state index contributed by atoms with van der Waals surface area (Å²) in [5.74, 6) is -0.0216. The number of nitrogens with two attached hydrogens (primary N) is 2. The van der Waals surface area contributed by atoms with Gasteiger partial charge in [0, 0.05) is 50.5 Å². The zero-order valence-corrected chi connectivity index (χ0v) is 31.7. The van der Waals surface area contributed by atoms with Crippen LogP contribution in [0.1, 0.15) is 58.2 Å². The van der Waals surface area contributed by atoms with E-state index in [0.29, 0.717) is 90.2 Å². The monoisotopic (exact) mass is 758 g/mol. The van der Waals surface area contributed by atoms with Crippen LogP contribution in [0.3, 0.4) is 0 Å². The van der Waals surface area contributed by atoms with Crippen LogP contribution in [-0.2, 0) is 56.0 Å². The molecule has 1 aromatic carbocycles. The number of unbranched alkanes of at least 4 members (excludes halogenated alkanes) is 1. The van der Waals surface area contributed by atoms with E-state index in [-0.39, 0.29) is 55.7 Å². The normalized spacial score (nSPS) is 11.9. The molecule has 0 aliphatic heterocycles. The highest BCUT2D eigenvalue weighted by atomic mass is 16.5. The Morgan fingerprint density at radius 3 is 2.11 bits per heavy atom. The molecule has 300 valence electrons. The van der Waals surface area contributed by atoms with E-state index >= 15 is 0 Å². The molecule has 0 bridgehead atoms. The van der Waals surface area contributed by atoms with E-state index in [0.717, 1.165) is 47.9 Å². The number of benzene rings is 1. The Morgan fingerprint density at radius 1 is 0.759 bits per heavy atom. The molecule has 17 nitrogen and oxygen atoms in total. The lowest BCUT2D eigenvalue weighted by molar-refractivity contribution is -0.131. The van der Waals surface area contributed by atoms with Crippen LogP contribution >= 0.6 is 0 Å². The van der Waals surface area contributed by atoms with Crippen molar-refractivity contribution in [1.29, 1.82) is 0 Å². The largest absolute Gasteiger partial charge is 0.382 e. The Bertz CT molecular complexity index is 1600. The Hall–Kier alpha value is -4.42. The second-order valence-corrected chi connectivity index (χ2v) is 12.5. The number of primary amides is 1. The first-order chi connectivity index (χ1) is 26.2. The summed E-state index contributed by atoms with van der Waals surface area (Å²) in [4.78, 5) is 56.7.